The molecular weight excluding hydrogens is 316 g/mol. The van der Waals surface area contributed by atoms with E-state index < -0.39 is 0 Å². The van der Waals surface area contributed by atoms with Gasteiger partial charge in [-0.05, 0) is 31.4 Å². The Morgan fingerprint density at radius 3 is 2.80 bits per heavy atom. The highest BCUT2D eigenvalue weighted by Gasteiger charge is 2.27. The van der Waals surface area contributed by atoms with Gasteiger partial charge in [0.25, 0.3) is 5.56 Å². The van der Waals surface area contributed by atoms with E-state index in [1.807, 2.05) is 19.1 Å². The first-order valence-corrected chi connectivity index (χ1v) is 8.86. The van der Waals surface area contributed by atoms with Crippen LogP contribution in [-0.2, 0) is 11.8 Å². The summed E-state index contributed by atoms with van der Waals surface area (Å²) in [4.78, 5) is 35.5. The van der Waals surface area contributed by atoms with Gasteiger partial charge in [0.2, 0.25) is 5.95 Å². The average molecular weight is 340 g/mol. The molecule has 2 aromatic heterocycles. The van der Waals surface area contributed by atoms with E-state index in [4.69, 9.17) is 4.98 Å². The summed E-state index contributed by atoms with van der Waals surface area (Å²) in [5, 5.41) is 0. The highest BCUT2D eigenvalue weighted by molar-refractivity contribution is 5.81. The van der Waals surface area contributed by atoms with E-state index >= 15 is 0 Å². The fourth-order valence-corrected chi connectivity index (χ4v) is 3.35. The van der Waals surface area contributed by atoms with Gasteiger partial charge in [-0.15, -0.1) is 0 Å². The van der Waals surface area contributed by atoms with Crippen molar-refractivity contribution in [1.29, 1.82) is 0 Å². The Labute approximate surface area is 147 Å². The molecule has 1 fully saturated rings. The van der Waals surface area contributed by atoms with Gasteiger partial charge in [-0.3, -0.25) is 19.1 Å². The molecule has 1 atom stereocenters. The van der Waals surface area contributed by atoms with Crippen molar-refractivity contribution < 1.29 is 4.79 Å². The zero-order valence-corrected chi connectivity index (χ0v) is 14.8. The van der Waals surface area contributed by atoms with Crippen LogP contribution in [0.1, 0.15) is 32.6 Å². The van der Waals surface area contributed by atoms with Crippen molar-refractivity contribution in [2.24, 2.45) is 13.0 Å². The number of hydrogen-bond acceptors (Lipinski definition) is 5. The number of piperidine rings is 1. The zero-order valence-electron chi connectivity index (χ0n) is 14.8. The number of ketones is 1. The summed E-state index contributed by atoms with van der Waals surface area (Å²) in [7, 11) is 1.73. The third-order valence-electron chi connectivity index (χ3n) is 4.74. The smallest absolute Gasteiger partial charge is 0.255 e. The summed E-state index contributed by atoms with van der Waals surface area (Å²) in [5.74, 6) is 0.992. The first-order valence-electron chi connectivity index (χ1n) is 8.86. The van der Waals surface area contributed by atoms with Crippen LogP contribution >= 0.6 is 0 Å². The van der Waals surface area contributed by atoms with Crippen molar-refractivity contribution in [2.45, 2.75) is 32.6 Å². The van der Waals surface area contributed by atoms with Crippen LogP contribution in [0.2, 0.25) is 0 Å². The van der Waals surface area contributed by atoms with Crippen molar-refractivity contribution >= 4 is 11.7 Å². The SMILES string of the molecule is CCCC(=O)C1CCCN(c2nc(-c3ccncc3)cc(=O)n2C)C1. The number of nitrogens with zero attached hydrogens (tertiary/aromatic N) is 4. The number of pyridine rings is 1. The molecule has 0 N–H and O–H groups in total. The summed E-state index contributed by atoms with van der Waals surface area (Å²) in [5.41, 5.74) is 1.41. The lowest BCUT2D eigenvalue weighted by molar-refractivity contribution is -0.123. The van der Waals surface area contributed by atoms with Crippen LogP contribution in [0.25, 0.3) is 11.3 Å². The molecule has 1 aliphatic heterocycles. The van der Waals surface area contributed by atoms with Gasteiger partial charge in [0.05, 0.1) is 5.69 Å². The van der Waals surface area contributed by atoms with E-state index in [-0.39, 0.29) is 11.5 Å². The molecule has 1 aliphatic rings. The summed E-state index contributed by atoms with van der Waals surface area (Å²) >= 11 is 0. The molecular formula is C19H24N4O2. The number of Topliss-reactive ketones (excluding diaryl/α,β-unsaturated/α-hetero) is 1. The Hall–Kier alpha value is -2.50. The van der Waals surface area contributed by atoms with Crippen LogP contribution in [0.5, 0.6) is 0 Å². The van der Waals surface area contributed by atoms with E-state index in [1.54, 1.807) is 30.1 Å². The van der Waals surface area contributed by atoms with Crippen LogP contribution in [0.3, 0.4) is 0 Å². The van der Waals surface area contributed by atoms with E-state index in [1.165, 1.54) is 0 Å². The molecule has 0 aliphatic carbocycles. The second kappa shape index (κ2) is 7.59. The van der Waals surface area contributed by atoms with Crippen molar-refractivity contribution in [1.82, 2.24) is 14.5 Å². The topological polar surface area (TPSA) is 68.1 Å². The van der Waals surface area contributed by atoms with Crippen LogP contribution in [0.4, 0.5) is 5.95 Å². The Morgan fingerprint density at radius 2 is 2.08 bits per heavy atom. The van der Waals surface area contributed by atoms with Crippen LogP contribution in [0, 0.1) is 5.92 Å². The lowest BCUT2D eigenvalue weighted by Gasteiger charge is -2.33. The molecule has 3 rings (SSSR count). The van der Waals surface area contributed by atoms with E-state index in [0.717, 1.165) is 31.4 Å². The van der Waals surface area contributed by atoms with E-state index in [0.29, 0.717) is 30.4 Å². The van der Waals surface area contributed by atoms with Gasteiger partial charge >= 0.3 is 0 Å². The molecule has 1 saturated heterocycles. The highest BCUT2D eigenvalue weighted by atomic mass is 16.1. The van der Waals surface area contributed by atoms with E-state index in [9.17, 15) is 9.59 Å². The molecule has 25 heavy (non-hydrogen) atoms. The fourth-order valence-electron chi connectivity index (χ4n) is 3.35. The number of hydrogen-bond donors (Lipinski definition) is 0. The highest BCUT2D eigenvalue weighted by Crippen LogP contribution is 2.24. The normalized spacial score (nSPS) is 17.5. The predicted octanol–water partition coefficient (Wildman–Crippen LogP) is 2.43. The van der Waals surface area contributed by atoms with Crippen molar-refractivity contribution in [3.8, 4) is 11.3 Å². The lowest BCUT2D eigenvalue weighted by atomic mass is 9.92. The fraction of sp³-hybridized carbons (Fsp3) is 0.474. The third kappa shape index (κ3) is 3.78. The quantitative estimate of drug-likeness (QED) is 0.836. The molecule has 3 heterocycles. The molecule has 0 amide bonds. The van der Waals surface area contributed by atoms with Gasteiger partial charge in [0.1, 0.15) is 5.78 Å². The van der Waals surface area contributed by atoms with Crippen LogP contribution in [0.15, 0.2) is 35.4 Å². The number of aromatic nitrogens is 3. The first kappa shape index (κ1) is 17.3. The van der Waals surface area contributed by atoms with Crippen LogP contribution < -0.4 is 10.5 Å². The maximum atomic E-state index is 12.4. The molecule has 0 spiro atoms. The molecule has 0 bridgehead atoms. The summed E-state index contributed by atoms with van der Waals surface area (Å²) in [6, 6.07) is 5.23. The number of carbonyl (C=O) groups excluding carboxylic acids is 1. The van der Waals surface area contributed by atoms with Gasteiger partial charge in [-0.25, -0.2) is 4.98 Å². The molecule has 2 aromatic rings. The number of carbonyl (C=O) groups is 1. The minimum Gasteiger partial charge on any atom is -0.341 e. The molecule has 0 saturated carbocycles. The Balaban J connectivity index is 1.92. The minimum absolute atomic E-state index is 0.0372. The maximum absolute atomic E-state index is 12.4. The van der Waals surface area contributed by atoms with Gasteiger partial charge in [0, 0.05) is 56.5 Å². The molecule has 1 unspecified atom stereocenters. The molecule has 0 radical (unpaired) electrons. The number of anilines is 1. The van der Waals surface area contributed by atoms with Crippen molar-refractivity contribution in [3.63, 3.8) is 0 Å². The molecule has 0 aromatic carbocycles. The zero-order chi connectivity index (χ0) is 17.8. The minimum atomic E-state index is -0.0983. The maximum Gasteiger partial charge on any atom is 0.255 e. The molecule has 6 nitrogen and oxygen atoms in total. The summed E-state index contributed by atoms with van der Waals surface area (Å²) < 4.78 is 1.57. The third-order valence-corrected chi connectivity index (χ3v) is 4.74. The Bertz CT molecular complexity index is 801. The van der Waals surface area contributed by atoms with Crippen molar-refractivity contribution in [3.05, 3.63) is 40.9 Å². The largest absolute Gasteiger partial charge is 0.341 e. The average Bonchev–Trinajstić information content (AvgIpc) is 2.65. The predicted molar refractivity (Wildman–Crippen MR) is 97.6 cm³/mol. The monoisotopic (exact) mass is 340 g/mol. The van der Waals surface area contributed by atoms with Gasteiger partial charge in [0.15, 0.2) is 0 Å². The molecule has 132 valence electrons. The Kier molecular flexibility index (Phi) is 5.26. The summed E-state index contributed by atoms with van der Waals surface area (Å²) in [6.07, 6.45) is 6.75. The van der Waals surface area contributed by atoms with E-state index in [2.05, 4.69) is 9.88 Å². The van der Waals surface area contributed by atoms with Gasteiger partial charge < -0.3 is 4.90 Å². The second-order valence-electron chi connectivity index (χ2n) is 6.58. The van der Waals surface area contributed by atoms with Crippen molar-refractivity contribution in [2.75, 3.05) is 18.0 Å². The van der Waals surface area contributed by atoms with Gasteiger partial charge in [-0.2, -0.15) is 0 Å². The number of rotatable bonds is 5. The first-order chi connectivity index (χ1) is 12.1. The summed E-state index contributed by atoms with van der Waals surface area (Å²) in [6.45, 7) is 3.48. The van der Waals surface area contributed by atoms with Crippen LogP contribution in [-0.4, -0.2) is 33.4 Å². The standard InChI is InChI=1S/C19H24N4O2/c1-3-5-17(24)15-6-4-11-23(13-15)19-21-16(12-18(25)22(19)2)14-7-9-20-10-8-14/h7-10,12,15H,3-6,11,13H2,1-2H3. The second-order valence-corrected chi connectivity index (χ2v) is 6.58. The van der Waals surface area contributed by atoms with Gasteiger partial charge in [-0.1, -0.05) is 6.92 Å². The molecule has 6 heteroatoms. The Morgan fingerprint density at radius 1 is 1.32 bits per heavy atom. The lowest BCUT2D eigenvalue weighted by Crippen LogP contribution is -2.41.